The molecule has 6 heteroatoms. The van der Waals surface area contributed by atoms with E-state index in [2.05, 4.69) is 0 Å². The largest absolute Gasteiger partial charge is 0.480 e. The molecular formula is C13H23NO4S. The fourth-order valence-corrected chi connectivity index (χ4v) is 5.41. The Morgan fingerprint density at radius 2 is 1.79 bits per heavy atom. The Balaban J connectivity index is 2.19. The molecule has 2 atom stereocenters. The Bertz CT molecular complexity index is 428. The zero-order valence-electron chi connectivity index (χ0n) is 11.4. The van der Waals surface area contributed by atoms with Crippen molar-refractivity contribution in [2.24, 2.45) is 5.92 Å². The van der Waals surface area contributed by atoms with Crippen LogP contribution in [0.2, 0.25) is 0 Å². The van der Waals surface area contributed by atoms with Crippen LogP contribution in [0.4, 0.5) is 0 Å². The average molecular weight is 289 g/mol. The van der Waals surface area contributed by atoms with Crippen LogP contribution >= 0.6 is 0 Å². The molecule has 2 aliphatic rings. The summed E-state index contributed by atoms with van der Waals surface area (Å²) in [6.45, 7) is 2.34. The minimum atomic E-state index is -3.45. The minimum absolute atomic E-state index is 0.277. The Labute approximate surface area is 115 Å². The van der Waals surface area contributed by atoms with E-state index >= 15 is 0 Å². The first-order valence-electron chi connectivity index (χ1n) is 7.16. The second-order valence-corrected chi connectivity index (χ2v) is 8.06. The molecule has 2 rings (SSSR count). The van der Waals surface area contributed by atoms with Crippen molar-refractivity contribution in [1.29, 1.82) is 0 Å². The highest BCUT2D eigenvalue weighted by Crippen LogP contribution is 2.31. The van der Waals surface area contributed by atoms with Crippen LogP contribution < -0.4 is 0 Å². The molecule has 2 unspecified atom stereocenters. The fraction of sp³-hybridized carbons (Fsp3) is 0.923. The molecule has 1 saturated heterocycles. The number of rotatable bonds is 3. The molecule has 0 bridgehead atoms. The molecule has 0 aromatic rings. The predicted molar refractivity (Wildman–Crippen MR) is 72.3 cm³/mol. The van der Waals surface area contributed by atoms with Gasteiger partial charge in [-0.2, -0.15) is 4.31 Å². The summed E-state index contributed by atoms with van der Waals surface area (Å²) < 4.78 is 26.5. The summed E-state index contributed by atoms with van der Waals surface area (Å²) in [6, 6.07) is -0.865. The summed E-state index contributed by atoms with van der Waals surface area (Å²) in [5.74, 6) is -0.732. The van der Waals surface area contributed by atoms with Gasteiger partial charge in [-0.05, 0) is 31.6 Å². The fourth-order valence-electron chi connectivity index (χ4n) is 3.20. The number of piperidine rings is 1. The van der Waals surface area contributed by atoms with Gasteiger partial charge in [-0.15, -0.1) is 0 Å². The van der Waals surface area contributed by atoms with Gasteiger partial charge in [0.2, 0.25) is 10.0 Å². The van der Waals surface area contributed by atoms with E-state index in [4.69, 9.17) is 0 Å². The zero-order valence-corrected chi connectivity index (χ0v) is 12.2. The molecule has 19 heavy (non-hydrogen) atoms. The molecule has 1 aliphatic carbocycles. The molecule has 0 spiro atoms. The van der Waals surface area contributed by atoms with E-state index in [1.165, 1.54) is 4.31 Å². The molecule has 1 N–H and O–H groups in total. The van der Waals surface area contributed by atoms with Gasteiger partial charge in [-0.25, -0.2) is 8.42 Å². The Morgan fingerprint density at radius 1 is 1.16 bits per heavy atom. The van der Waals surface area contributed by atoms with E-state index in [0.717, 1.165) is 25.7 Å². The molecule has 1 heterocycles. The van der Waals surface area contributed by atoms with E-state index in [0.29, 0.717) is 25.8 Å². The van der Waals surface area contributed by atoms with E-state index in [9.17, 15) is 18.3 Å². The summed E-state index contributed by atoms with van der Waals surface area (Å²) in [5, 5.41) is 8.92. The van der Waals surface area contributed by atoms with Crippen molar-refractivity contribution in [3.8, 4) is 0 Å². The second-order valence-electron chi connectivity index (χ2n) is 5.90. The third kappa shape index (κ3) is 3.11. The van der Waals surface area contributed by atoms with Gasteiger partial charge >= 0.3 is 5.97 Å². The topological polar surface area (TPSA) is 74.7 Å². The summed E-state index contributed by atoms with van der Waals surface area (Å²) >= 11 is 0. The number of carboxylic acids is 1. The van der Waals surface area contributed by atoms with Crippen LogP contribution in [0.25, 0.3) is 0 Å². The molecule has 0 aromatic carbocycles. The molecule has 2 fully saturated rings. The number of nitrogens with zero attached hydrogens (tertiary/aromatic N) is 1. The van der Waals surface area contributed by atoms with Crippen molar-refractivity contribution in [3.63, 3.8) is 0 Å². The minimum Gasteiger partial charge on any atom is -0.480 e. The first-order valence-corrected chi connectivity index (χ1v) is 8.66. The summed E-state index contributed by atoms with van der Waals surface area (Å²) in [5.41, 5.74) is 0. The lowest BCUT2D eigenvalue weighted by atomic mass is 9.94. The van der Waals surface area contributed by atoms with Gasteiger partial charge < -0.3 is 5.11 Å². The normalized spacial score (nSPS) is 31.2. The SMILES string of the molecule is CC1CCN(S(=O)(=O)C2CCCCC2)C(C(=O)O)C1. The van der Waals surface area contributed by atoms with E-state index < -0.39 is 22.0 Å². The lowest BCUT2D eigenvalue weighted by molar-refractivity contribution is -0.143. The van der Waals surface area contributed by atoms with Crippen molar-refractivity contribution in [2.45, 2.75) is 63.2 Å². The number of sulfonamides is 1. The van der Waals surface area contributed by atoms with Crippen molar-refractivity contribution < 1.29 is 18.3 Å². The number of aliphatic carboxylic acids is 1. The highest BCUT2D eigenvalue weighted by molar-refractivity contribution is 7.89. The van der Waals surface area contributed by atoms with Crippen LogP contribution in [0.15, 0.2) is 0 Å². The van der Waals surface area contributed by atoms with E-state index in [-0.39, 0.29) is 11.2 Å². The van der Waals surface area contributed by atoms with Crippen LogP contribution in [0.3, 0.4) is 0 Å². The van der Waals surface area contributed by atoms with Gasteiger partial charge in [0.25, 0.3) is 0 Å². The Kier molecular flexibility index (Phi) is 4.50. The van der Waals surface area contributed by atoms with Gasteiger partial charge in [-0.1, -0.05) is 26.2 Å². The smallest absolute Gasteiger partial charge is 0.322 e. The number of hydrogen-bond donors (Lipinski definition) is 1. The molecule has 1 aliphatic heterocycles. The first kappa shape index (κ1) is 14.8. The number of carbonyl (C=O) groups is 1. The van der Waals surface area contributed by atoms with Crippen molar-refractivity contribution in [1.82, 2.24) is 4.31 Å². The molecular weight excluding hydrogens is 266 g/mol. The molecule has 0 amide bonds. The summed E-state index contributed by atoms with van der Waals surface area (Å²) in [7, 11) is -3.45. The van der Waals surface area contributed by atoms with Gasteiger partial charge in [0, 0.05) is 6.54 Å². The highest BCUT2D eigenvalue weighted by Gasteiger charge is 2.42. The van der Waals surface area contributed by atoms with Crippen LogP contribution in [0, 0.1) is 5.92 Å². The van der Waals surface area contributed by atoms with Gasteiger partial charge in [-0.3, -0.25) is 4.79 Å². The third-order valence-electron chi connectivity index (χ3n) is 4.40. The maximum atomic E-state index is 12.6. The van der Waals surface area contributed by atoms with Crippen LogP contribution in [-0.4, -0.2) is 41.6 Å². The van der Waals surface area contributed by atoms with E-state index in [1.54, 1.807) is 0 Å². The molecule has 0 aromatic heterocycles. The van der Waals surface area contributed by atoms with Crippen molar-refractivity contribution in [3.05, 3.63) is 0 Å². The lowest BCUT2D eigenvalue weighted by Gasteiger charge is -2.38. The molecule has 1 saturated carbocycles. The van der Waals surface area contributed by atoms with Crippen molar-refractivity contribution in [2.75, 3.05) is 6.54 Å². The predicted octanol–water partition coefficient (Wildman–Crippen LogP) is 1.83. The third-order valence-corrected chi connectivity index (χ3v) is 6.81. The monoisotopic (exact) mass is 289 g/mol. The average Bonchev–Trinajstić information content (AvgIpc) is 2.39. The summed E-state index contributed by atoms with van der Waals surface area (Å²) in [4.78, 5) is 11.3. The first-order chi connectivity index (χ1) is 8.93. The van der Waals surface area contributed by atoms with E-state index in [1.807, 2.05) is 6.92 Å². The standard InChI is InChI=1S/C13H23NO4S/c1-10-7-8-14(12(9-10)13(15)16)19(17,18)11-5-3-2-4-6-11/h10-12H,2-9H2,1H3,(H,15,16). The quantitative estimate of drug-likeness (QED) is 0.860. The van der Waals surface area contributed by atoms with Crippen molar-refractivity contribution >= 4 is 16.0 Å². The zero-order chi connectivity index (χ0) is 14.0. The lowest BCUT2D eigenvalue weighted by Crippen LogP contribution is -2.52. The van der Waals surface area contributed by atoms with Crippen LogP contribution in [-0.2, 0) is 14.8 Å². The molecule has 0 radical (unpaired) electrons. The summed E-state index contributed by atoms with van der Waals surface area (Å²) in [6.07, 6.45) is 5.52. The maximum absolute atomic E-state index is 12.6. The maximum Gasteiger partial charge on any atom is 0.322 e. The van der Waals surface area contributed by atoms with Gasteiger partial charge in [0.1, 0.15) is 6.04 Å². The Hall–Kier alpha value is -0.620. The second kappa shape index (κ2) is 5.79. The number of hydrogen-bond acceptors (Lipinski definition) is 3. The molecule has 110 valence electrons. The highest BCUT2D eigenvalue weighted by atomic mass is 32.2. The van der Waals surface area contributed by atoms with Gasteiger partial charge in [0.15, 0.2) is 0 Å². The van der Waals surface area contributed by atoms with Crippen LogP contribution in [0.5, 0.6) is 0 Å². The van der Waals surface area contributed by atoms with Gasteiger partial charge in [0.05, 0.1) is 5.25 Å². The molecule has 5 nitrogen and oxygen atoms in total. The Morgan fingerprint density at radius 3 is 2.37 bits per heavy atom. The van der Waals surface area contributed by atoms with Crippen LogP contribution in [0.1, 0.15) is 51.9 Å². The number of carboxylic acid groups (broad SMARTS) is 1.